The van der Waals surface area contributed by atoms with Crippen LogP contribution in [0, 0.1) is 13.8 Å². The highest BCUT2D eigenvalue weighted by Gasteiger charge is 2.22. The lowest BCUT2D eigenvalue weighted by atomic mass is 10.3. The number of anilines is 2. The minimum Gasteiger partial charge on any atom is -0.475 e. The molecule has 0 saturated heterocycles. The van der Waals surface area contributed by atoms with Gasteiger partial charge in [0.05, 0.1) is 23.4 Å². The van der Waals surface area contributed by atoms with Gasteiger partial charge in [0, 0.05) is 31.8 Å². The molecule has 4 aromatic rings. The molecule has 0 radical (unpaired) electrons. The molecule has 5 heterocycles. The van der Waals surface area contributed by atoms with E-state index in [9.17, 15) is 0 Å². The first-order valence-corrected chi connectivity index (χ1v) is 9.86. The average Bonchev–Trinajstić information content (AvgIpc) is 3.33. The number of halogens is 1. The summed E-state index contributed by atoms with van der Waals surface area (Å²) in [5.74, 6) is 1.82. The van der Waals surface area contributed by atoms with Gasteiger partial charge in [-0.05, 0) is 20.8 Å². The average molecular weight is 414 g/mol. The zero-order valence-corrected chi connectivity index (χ0v) is 17.1. The monoisotopic (exact) mass is 413 g/mol. The zero-order valence-electron chi connectivity index (χ0n) is 16.3. The lowest BCUT2D eigenvalue weighted by Crippen LogP contribution is -2.09. The predicted molar refractivity (Wildman–Crippen MR) is 108 cm³/mol. The minimum absolute atomic E-state index is 0.400. The Labute approximate surface area is 171 Å². The van der Waals surface area contributed by atoms with Crippen LogP contribution in [0.4, 0.5) is 11.6 Å². The highest BCUT2D eigenvalue weighted by atomic mass is 35.5. The highest BCUT2D eigenvalue weighted by molar-refractivity contribution is 6.34. The van der Waals surface area contributed by atoms with Crippen LogP contribution in [0.1, 0.15) is 24.7 Å². The first kappa shape index (κ1) is 17.9. The van der Waals surface area contributed by atoms with Gasteiger partial charge in [0.1, 0.15) is 5.69 Å². The molecule has 0 aromatic carbocycles. The molecular formula is C18H20ClN9O. The molecule has 0 aliphatic carbocycles. The van der Waals surface area contributed by atoms with Crippen LogP contribution < -0.4 is 10.1 Å². The number of aryl methyl sites for hydroxylation is 3. The topological polar surface area (TPSA) is 100 Å². The Balaban J connectivity index is 1.64. The normalized spacial score (nSPS) is 13.8. The van der Waals surface area contributed by atoms with Gasteiger partial charge in [0.2, 0.25) is 5.95 Å². The standard InChI is InChI=1S/C18H20ClN9O/c1-4-26-13(8-10(2)23-26)28-11(3)14-17(25-28)29-7-5-6-27-16-12(15(19)24-27)9-20-18(21-14)22-16/h8-9H,4-7H2,1-3H3,(H,20,21,22). The van der Waals surface area contributed by atoms with Crippen molar-refractivity contribution in [3.05, 3.63) is 28.8 Å². The SMILES string of the molecule is CCn1nc(C)cc1-n1nc2c(c1C)Nc1ncc3c(Cl)nn(c3n1)CCCO2. The molecule has 5 rings (SSSR count). The summed E-state index contributed by atoms with van der Waals surface area (Å²) < 4.78 is 11.5. The number of hydrogen-bond donors (Lipinski definition) is 1. The van der Waals surface area contributed by atoms with Crippen LogP contribution in [0.5, 0.6) is 5.88 Å². The predicted octanol–water partition coefficient (Wildman–Crippen LogP) is 3.02. The van der Waals surface area contributed by atoms with Crippen LogP contribution in [0.25, 0.3) is 16.9 Å². The van der Waals surface area contributed by atoms with Gasteiger partial charge >= 0.3 is 0 Å². The van der Waals surface area contributed by atoms with Crippen LogP contribution >= 0.6 is 11.6 Å². The summed E-state index contributed by atoms with van der Waals surface area (Å²) in [7, 11) is 0. The summed E-state index contributed by atoms with van der Waals surface area (Å²) in [5.41, 5.74) is 3.23. The molecule has 4 aromatic heterocycles. The molecule has 1 aliphatic heterocycles. The van der Waals surface area contributed by atoms with Gasteiger partial charge < -0.3 is 10.1 Å². The van der Waals surface area contributed by atoms with Crippen molar-refractivity contribution in [1.29, 1.82) is 0 Å². The second-order valence-corrected chi connectivity index (χ2v) is 7.27. The summed E-state index contributed by atoms with van der Waals surface area (Å²) in [6, 6.07) is 2.00. The van der Waals surface area contributed by atoms with Gasteiger partial charge in [0.15, 0.2) is 16.6 Å². The maximum absolute atomic E-state index is 6.22. The van der Waals surface area contributed by atoms with E-state index in [2.05, 4.69) is 32.4 Å². The van der Waals surface area contributed by atoms with Gasteiger partial charge in [-0.1, -0.05) is 11.6 Å². The van der Waals surface area contributed by atoms with Gasteiger partial charge in [-0.2, -0.15) is 15.2 Å². The molecule has 29 heavy (non-hydrogen) atoms. The van der Waals surface area contributed by atoms with Crippen LogP contribution in [0.3, 0.4) is 0 Å². The number of aromatic nitrogens is 8. The Kier molecular flexibility index (Phi) is 4.16. The van der Waals surface area contributed by atoms with E-state index in [1.165, 1.54) is 0 Å². The quantitative estimate of drug-likeness (QED) is 0.539. The molecule has 1 N–H and O–H groups in total. The first-order chi connectivity index (χ1) is 14.0. The van der Waals surface area contributed by atoms with Crippen molar-refractivity contribution in [2.45, 2.75) is 40.3 Å². The van der Waals surface area contributed by atoms with Crippen molar-refractivity contribution in [2.24, 2.45) is 0 Å². The fraction of sp³-hybridized carbons (Fsp3) is 0.389. The molecule has 0 atom stereocenters. The van der Waals surface area contributed by atoms with E-state index in [4.69, 9.17) is 21.4 Å². The third-order valence-electron chi connectivity index (χ3n) is 4.92. The lowest BCUT2D eigenvalue weighted by molar-refractivity contribution is 0.288. The lowest BCUT2D eigenvalue weighted by Gasteiger charge is -2.07. The van der Waals surface area contributed by atoms with Crippen molar-refractivity contribution in [1.82, 2.24) is 39.3 Å². The van der Waals surface area contributed by atoms with E-state index in [0.717, 1.165) is 41.2 Å². The van der Waals surface area contributed by atoms with E-state index in [1.807, 2.05) is 29.3 Å². The summed E-state index contributed by atoms with van der Waals surface area (Å²) in [4.78, 5) is 9.02. The Morgan fingerprint density at radius 3 is 2.93 bits per heavy atom. The first-order valence-electron chi connectivity index (χ1n) is 9.48. The third kappa shape index (κ3) is 2.91. The second-order valence-electron chi connectivity index (χ2n) is 6.91. The number of hydrogen-bond acceptors (Lipinski definition) is 7. The Morgan fingerprint density at radius 1 is 1.24 bits per heavy atom. The maximum atomic E-state index is 6.22. The Bertz CT molecular complexity index is 1220. The summed E-state index contributed by atoms with van der Waals surface area (Å²) in [6.07, 6.45) is 2.42. The molecule has 0 spiro atoms. The number of nitrogens with one attached hydrogen (secondary N) is 1. The molecule has 1 aliphatic rings. The summed E-state index contributed by atoms with van der Waals surface area (Å²) in [6.45, 7) is 7.86. The van der Waals surface area contributed by atoms with Gasteiger partial charge in [-0.25, -0.2) is 19.0 Å². The molecular weight excluding hydrogens is 394 g/mol. The molecule has 2 bridgehead atoms. The summed E-state index contributed by atoms with van der Waals surface area (Å²) in [5, 5.41) is 18.0. The Hall–Kier alpha value is -3.14. The van der Waals surface area contributed by atoms with Gasteiger partial charge in [0.25, 0.3) is 5.88 Å². The number of rotatable bonds is 2. The van der Waals surface area contributed by atoms with E-state index >= 15 is 0 Å². The summed E-state index contributed by atoms with van der Waals surface area (Å²) >= 11 is 6.22. The van der Waals surface area contributed by atoms with Crippen molar-refractivity contribution < 1.29 is 4.74 Å². The van der Waals surface area contributed by atoms with Gasteiger partial charge in [-0.3, -0.25) is 0 Å². The molecule has 150 valence electrons. The van der Waals surface area contributed by atoms with Crippen molar-refractivity contribution in [3.63, 3.8) is 0 Å². The van der Waals surface area contributed by atoms with E-state index in [0.29, 0.717) is 35.8 Å². The second kappa shape index (κ2) is 6.73. The molecule has 10 nitrogen and oxygen atoms in total. The third-order valence-corrected chi connectivity index (χ3v) is 5.19. The Morgan fingerprint density at radius 2 is 2.10 bits per heavy atom. The van der Waals surface area contributed by atoms with Crippen molar-refractivity contribution in [3.8, 4) is 11.7 Å². The highest BCUT2D eigenvalue weighted by Crippen LogP contribution is 2.33. The maximum Gasteiger partial charge on any atom is 0.257 e. The number of nitrogens with zero attached hydrogens (tertiary/aromatic N) is 8. The van der Waals surface area contributed by atoms with Crippen molar-refractivity contribution in [2.75, 3.05) is 11.9 Å². The van der Waals surface area contributed by atoms with Crippen LogP contribution in [0.2, 0.25) is 5.15 Å². The van der Waals surface area contributed by atoms with Crippen molar-refractivity contribution >= 4 is 34.3 Å². The minimum atomic E-state index is 0.400. The number of ether oxygens (including phenoxy) is 1. The van der Waals surface area contributed by atoms with Crippen LogP contribution in [-0.2, 0) is 13.1 Å². The van der Waals surface area contributed by atoms with E-state index in [1.54, 1.807) is 10.9 Å². The largest absolute Gasteiger partial charge is 0.475 e. The molecule has 0 saturated carbocycles. The molecule has 11 heteroatoms. The fourth-order valence-electron chi connectivity index (χ4n) is 3.51. The van der Waals surface area contributed by atoms with E-state index in [-0.39, 0.29) is 0 Å². The van der Waals surface area contributed by atoms with Crippen LogP contribution in [0.15, 0.2) is 12.3 Å². The smallest absolute Gasteiger partial charge is 0.257 e. The van der Waals surface area contributed by atoms with Crippen LogP contribution in [-0.4, -0.2) is 45.9 Å². The van der Waals surface area contributed by atoms with E-state index < -0.39 is 0 Å². The molecule has 0 unspecified atom stereocenters. The molecule has 0 fully saturated rings. The zero-order chi connectivity index (χ0) is 20.1. The van der Waals surface area contributed by atoms with Gasteiger partial charge in [-0.15, -0.1) is 5.10 Å². The number of fused-ring (bicyclic) bond motifs is 2. The fourth-order valence-corrected chi connectivity index (χ4v) is 3.74. The molecule has 0 amide bonds.